The third-order valence-corrected chi connectivity index (χ3v) is 6.72. The van der Waals surface area contributed by atoms with Crippen LogP contribution in [0.4, 0.5) is 4.79 Å². The number of aliphatic carboxylic acids is 1. The third-order valence-electron chi connectivity index (χ3n) is 6.72. The lowest BCUT2D eigenvalue weighted by Gasteiger charge is -2.34. The van der Waals surface area contributed by atoms with Crippen LogP contribution in [0.25, 0.3) is 11.1 Å². The van der Waals surface area contributed by atoms with E-state index >= 15 is 0 Å². The normalized spacial score (nSPS) is 19.5. The summed E-state index contributed by atoms with van der Waals surface area (Å²) in [6, 6.07) is 15.6. The van der Waals surface area contributed by atoms with E-state index in [2.05, 4.69) is 34.9 Å². The lowest BCUT2D eigenvalue weighted by atomic mass is 9.73. The summed E-state index contributed by atoms with van der Waals surface area (Å²) in [5.41, 5.74) is 4.60. The van der Waals surface area contributed by atoms with E-state index in [1.165, 1.54) is 0 Å². The van der Waals surface area contributed by atoms with Crippen LogP contribution in [0.3, 0.4) is 0 Å². The number of rotatable bonds is 9. The number of benzene rings is 2. The molecular weight excluding hydrogens is 420 g/mol. The molecule has 7 heteroatoms. The molecule has 33 heavy (non-hydrogen) atoms. The highest BCUT2D eigenvalue weighted by atomic mass is 16.5. The highest BCUT2D eigenvalue weighted by molar-refractivity contribution is 5.85. The SMILES string of the molecule is CC[C@@H](NC(=O)OCC1c2ccccc2-c2ccccc21)C(=O)NCC1CC(CC(=O)O)C1. The fourth-order valence-electron chi connectivity index (χ4n) is 4.96. The van der Waals surface area contributed by atoms with E-state index in [0.717, 1.165) is 35.1 Å². The van der Waals surface area contributed by atoms with Crippen LogP contribution in [0, 0.1) is 11.8 Å². The second-order valence-electron chi connectivity index (χ2n) is 8.98. The molecule has 1 saturated carbocycles. The van der Waals surface area contributed by atoms with E-state index in [-0.39, 0.29) is 30.8 Å². The minimum atomic E-state index is -0.777. The van der Waals surface area contributed by atoms with Crippen LogP contribution in [0.5, 0.6) is 0 Å². The Kier molecular flexibility index (Phi) is 6.96. The van der Waals surface area contributed by atoms with Crippen molar-refractivity contribution in [1.82, 2.24) is 10.6 Å². The van der Waals surface area contributed by atoms with E-state index in [4.69, 9.17) is 9.84 Å². The minimum Gasteiger partial charge on any atom is -0.481 e. The molecular formula is C26H30N2O5. The van der Waals surface area contributed by atoms with Crippen molar-refractivity contribution in [3.63, 3.8) is 0 Å². The first-order valence-electron chi connectivity index (χ1n) is 11.6. The van der Waals surface area contributed by atoms with Gasteiger partial charge in [0.2, 0.25) is 5.91 Å². The minimum absolute atomic E-state index is 0.0329. The molecule has 7 nitrogen and oxygen atoms in total. The van der Waals surface area contributed by atoms with E-state index in [1.54, 1.807) is 0 Å². The van der Waals surface area contributed by atoms with Crippen molar-refractivity contribution in [2.75, 3.05) is 13.2 Å². The van der Waals surface area contributed by atoms with Gasteiger partial charge in [-0.05, 0) is 53.4 Å². The summed E-state index contributed by atoms with van der Waals surface area (Å²) < 4.78 is 5.55. The third kappa shape index (κ3) is 5.18. The highest BCUT2D eigenvalue weighted by Gasteiger charge is 2.32. The van der Waals surface area contributed by atoms with Crippen molar-refractivity contribution < 1.29 is 24.2 Å². The molecule has 4 rings (SSSR count). The van der Waals surface area contributed by atoms with Crippen LogP contribution in [0.2, 0.25) is 0 Å². The zero-order valence-electron chi connectivity index (χ0n) is 18.8. The summed E-state index contributed by atoms with van der Waals surface area (Å²) in [6.45, 7) is 2.53. The van der Waals surface area contributed by atoms with E-state index in [1.807, 2.05) is 31.2 Å². The van der Waals surface area contributed by atoms with Crippen LogP contribution in [0.15, 0.2) is 48.5 Å². The molecule has 2 aromatic carbocycles. The Morgan fingerprint density at radius 1 is 1.00 bits per heavy atom. The molecule has 0 spiro atoms. The smallest absolute Gasteiger partial charge is 0.407 e. The number of alkyl carbamates (subject to hydrolysis) is 1. The van der Waals surface area contributed by atoms with Gasteiger partial charge < -0.3 is 20.5 Å². The lowest BCUT2D eigenvalue weighted by molar-refractivity contribution is -0.139. The Labute approximate surface area is 193 Å². The van der Waals surface area contributed by atoms with Crippen LogP contribution < -0.4 is 10.6 Å². The van der Waals surface area contributed by atoms with Crippen molar-refractivity contribution in [2.24, 2.45) is 11.8 Å². The van der Waals surface area contributed by atoms with Gasteiger partial charge >= 0.3 is 12.1 Å². The summed E-state index contributed by atoms with van der Waals surface area (Å²) in [5, 5.41) is 14.4. The quantitative estimate of drug-likeness (QED) is 0.537. The molecule has 3 N–H and O–H groups in total. The van der Waals surface area contributed by atoms with Gasteiger partial charge in [0.1, 0.15) is 12.6 Å². The van der Waals surface area contributed by atoms with Crippen LogP contribution in [-0.2, 0) is 14.3 Å². The maximum absolute atomic E-state index is 12.5. The number of carbonyl (C=O) groups is 3. The molecule has 1 atom stereocenters. The Morgan fingerprint density at radius 3 is 2.18 bits per heavy atom. The number of ether oxygens (including phenoxy) is 1. The molecule has 0 aliphatic heterocycles. The van der Waals surface area contributed by atoms with Crippen LogP contribution >= 0.6 is 0 Å². The van der Waals surface area contributed by atoms with Gasteiger partial charge in [-0.2, -0.15) is 0 Å². The van der Waals surface area contributed by atoms with E-state index in [9.17, 15) is 14.4 Å². The lowest BCUT2D eigenvalue weighted by Crippen LogP contribution is -2.48. The van der Waals surface area contributed by atoms with Gasteiger partial charge in [0, 0.05) is 18.9 Å². The number of hydrogen-bond donors (Lipinski definition) is 3. The number of fused-ring (bicyclic) bond motifs is 3. The van der Waals surface area contributed by atoms with Gasteiger partial charge in [-0.3, -0.25) is 9.59 Å². The van der Waals surface area contributed by atoms with Crippen molar-refractivity contribution in [2.45, 2.75) is 44.6 Å². The van der Waals surface area contributed by atoms with Gasteiger partial charge in [0.05, 0.1) is 0 Å². The molecule has 0 bridgehead atoms. The maximum atomic E-state index is 12.5. The number of carboxylic acids is 1. The predicted octanol–water partition coefficient (Wildman–Crippen LogP) is 3.92. The van der Waals surface area contributed by atoms with Gasteiger partial charge in [-0.15, -0.1) is 0 Å². The second-order valence-corrected chi connectivity index (χ2v) is 8.98. The zero-order chi connectivity index (χ0) is 23.4. The first-order valence-corrected chi connectivity index (χ1v) is 11.6. The largest absolute Gasteiger partial charge is 0.481 e. The average Bonchev–Trinajstić information content (AvgIpc) is 3.10. The van der Waals surface area contributed by atoms with Crippen molar-refractivity contribution in [1.29, 1.82) is 0 Å². The molecule has 2 aromatic rings. The van der Waals surface area contributed by atoms with Gasteiger partial charge in [-0.25, -0.2) is 4.79 Å². The topological polar surface area (TPSA) is 105 Å². The van der Waals surface area contributed by atoms with Gasteiger partial charge in [0.15, 0.2) is 0 Å². The van der Waals surface area contributed by atoms with Crippen molar-refractivity contribution >= 4 is 18.0 Å². The molecule has 174 valence electrons. The number of carbonyl (C=O) groups excluding carboxylic acids is 2. The Bertz CT molecular complexity index is 985. The van der Waals surface area contributed by atoms with Crippen LogP contribution in [-0.4, -0.2) is 42.3 Å². The Morgan fingerprint density at radius 2 is 1.61 bits per heavy atom. The molecule has 1 fully saturated rings. The monoisotopic (exact) mass is 450 g/mol. The Hall–Kier alpha value is -3.35. The standard InChI is InChI=1S/C26H30N2O5/c1-2-23(25(31)27-14-17-11-16(12-17)13-24(29)30)28-26(32)33-15-22-20-9-5-3-7-18(20)19-8-4-6-10-21(19)22/h3-10,16-17,22-23H,2,11-15H2,1H3,(H,27,31)(H,28,32)(H,29,30)/t16?,17?,23-/m1/s1. The molecule has 0 saturated heterocycles. The summed E-state index contributed by atoms with van der Waals surface area (Å²) in [4.78, 5) is 35.7. The van der Waals surface area contributed by atoms with Crippen molar-refractivity contribution in [3.05, 3.63) is 59.7 Å². The first-order chi connectivity index (χ1) is 16.0. The number of carboxylic acid groups (broad SMARTS) is 1. The summed E-state index contributed by atoms with van der Waals surface area (Å²) in [5.74, 6) is -0.557. The molecule has 0 aromatic heterocycles. The fraction of sp³-hybridized carbons (Fsp3) is 0.423. The van der Waals surface area contributed by atoms with Crippen molar-refractivity contribution in [3.8, 4) is 11.1 Å². The summed E-state index contributed by atoms with van der Waals surface area (Å²) in [6.07, 6.45) is 1.64. The van der Waals surface area contributed by atoms with E-state index in [0.29, 0.717) is 18.9 Å². The highest BCUT2D eigenvalue weighted by Crippen LogP contribution is 2.44. The summed E-state index contributed by atoms with van der Waals surface area (Å²) >= 11 is 0. The fourth-order valence-corrected chi connectivity index (χ4v) is 4.96. The van der Waals surface area contributed by atoms with Gasteiger partial charge in [0.25, 0.3) is 0 Å². The average molecular weight is 451 g/mol. The van der Waals surface area contributed by atoms with Crippen LogP contribution in [0.1, 0.15) is 49.7 Å². The summed E-state index contributed by atoms with van der Waals surface area (Å²) in [7, 11) is 0. The molecule has 0 unspecified atom stereocenters. The maximum Gasteiger partial charge on any atom is 0.407 e. The number of nitrogens with one attached hydrogen (secondary N) is 2. The zero-order valence-corrected chi connectivity index (χ0v) is 18.8. The first kappa shape index (κ1) is 22.8. The molecule has 2 amide bonds. The molecule has 2 aliphatic rings. The van der Waals surface area contributed by atoms with Gasteiger partial charge in [-0.1, -0.05) is 55.5 Å². The Balaban J connectivity index is 1.26. The predicted molar refractivity (Wildman–Crippen MR) is 124 cm³/mol. The molecule has 2 aliphatic carbocycles. The second kappa shape index (κ2) is 10.1. The molecule has 0 radical (unpaired) electrons. The molecule has 0 heterocycles. The van der Waals surface area contributed by atoms with E-state index < -0.39 is 18.1 Å². The number of amides is 2. The number of hydrogen-bond acceptors (Lipinski definition) is 4.